The van der Waals surface area contributed by atoms with Crippen molar-refractivity contribution in [3.8, 4) is 11.3 Å². The van der Waals surface area contributed by atoms with Crippen molar-refractivity contribution in [3.63, 3.8) is 0 Å². The van der Waals surface area contributed by atoms with Crippen LogP contribution in [0, 0.1) is 6.92 Å². The molecule has 4 aromatic rings. The van der Waals surface area contributed by atoms with Gasteiger partial charge in [-0.05, 0) is 25.5 Å². The first-order valence-electron chi connectivity index (χ1n) is 11.1. The molecule has 5 rings (SSSR count). The molecule has 0 aliphatic carbocycles. The lowest BCUT2D eigenvalue weighted by molar-refractivity contribution is -0.141. The fraction of sp³-hybridized carbons (Fsp3) is 0.304. The number of hydrogen-bond acceptors (Lipinski definition) is 7. The number of aryl methyl sites for hydroxylation is 2. The molecule has 0 radical (unpaired) electrons. The van der Waals surface area contributed by atoms with Crippen LogP contribution in [0.1, 0.15) is 34.4 Å². The molecule has 0 unspecified atom stereocenters. The van der Waals surface area contributed by atoms with Gasteiger partial charge in [-0.3, -0.25) is 14.5 Å². The summed E-state index contributed by atoms with van der Waals surface area (Å²) in [6, 6.07) is 3.26. The molecular formula is C23H22F3N9O. The van der Waals surface area contributed by atoms with Crippen LogP contribution in [-0.4, -0.2) is 51.1 Å². The first kappa shape index (κ1) is 23.5. The predicted octanol–water partition coefficient (Wildman–Crippen LogP) is 3.58. The van der Waals surface area contributed by atoms with Gasteiger partial charge in [0.2, 0.25) is 5.95 Å². The average molecular weight is 497 g/mol. The van der Waals surface area contributed by atoms with Crippen LogP contribution in [-0.2, 0) is 26.3 Å². The minimum absolute atomic E-state index is 0.0720. The molecule has 1 aliphatic rings. The van der Waals surface area contributed by atoms with Crippen molar-refractivity contribution in [1.29, 1.82) is 0 Å². The van der Waals surface area contributed by atoms with Crippen LogP contribution in [0.5, 0.6) is 0 Å². The Morgan fingerprint density at radius 2 is 2.00 bits per heavy atom. The highest BCUT2D eigenvalue weighted by atomic mass is 19.4. The minimum atomic E-state index is -4.61. The Balaban J connectivity index is 1.42. The highest BCUT2D eigenvalue weighted by Crippen LogP contribution is 2.30. The van der Waals surface area contributed by atoms with E-state index in [1.165, 1.54) is 11.1 Å². The highest BCUT2D eigenvalue weighted by Gasteiger charge is 2.35. The van der Waals surface area contributed by atoms with Crippen molar-refractivity contribution in [1.82, 2.24) is 39.2 Å². The van der Waals surface area contributed by atoms with Crippen molar-refractivity contribution < 1.29 is 18.0 Å². The van der Waals surface area contributed by atoms with E-state index < -0.39 is 11.9 Å². The maximum Gasteiger partial charge on any atom is 0.434 e. The molecule has 1 aliphatic heterocycles. The summed E-state index contributed by atoms with van der Waals surface area (Å²) in [6.07, 6.45) is 2.51. The van der Waals surface area contributed by atoms with E-state index in [1.807, 2.05) is 24.6 Å². The van der Waals surface area contributed by atoms with Gasteiger partial charge in [0.25, 0.3) is 5.91 Å². The summed E-state index contributed by atoms with van der Waals surface area (Å²) in [6.45, 7) is 4.11. The quantitative estimate of drug-likeness (QED) is 0.449. The number of aromatic nitrogens is 7. The van der Waals surface area contributed by atoms with E-state index >= 15 is 0 Å². The second-order valence-electron chi connectivity index (χ2n) is 8.63. The van der Waals surface area contributed by atoms with Crippen LogP contribution in [0.15, 0.2) is 43.1 Å². The van der Waals surface area contributed by atoms with Crippen LogP contribution in [0.3, 0.4) is 0 Å². The first-order valence-corrected chi connectivity index (χ1v) is 11.1. The zero-order valence-corrected chi connectivity index (χ0v) is 19.7. The highest BCUT2D eigenvalue weighted by molar-refractivity contribution is 5.95. The number of alkyl halides is 3. The average Bonchev–Trinajstić information content (AvgIpc) is 3.43. The Morgan fingerprint density at radius 3 is 2.72 bits per heavy atom. The number of hydrogen-bond donors (Lipinski definition) is 1. The van der Waals surface area contributed by atoms with Gasteiger partial charge in [0, 0.05) is 43.7 Å². The van der Waals surface area contributed by atoms with Gasteiger partial charge in [0.05, 0.1) is 36.5 Å². The summed E-state index contributed by atoms with van der Waals surface area (Å²) < 4.78 is 42.6. The lowest BCUT2D eigenvalue weighted by atomic mass is 10.1. The summed E-state index contributed by atoms with van der Waals surface area (Å²) in [7, 11) is 1.79. The van der Waals surface area contributed by atoms with Crippen LogP contribution in [0.2, 0.25) is 0 Å². The number of amides is 1. The third-order valence-corrected chi connectivity index (χ3v) is 5.98. The van der Waals surface area contributed by atoms with Crippen molar-refractivity contribution in [2.24, 2.45) is 7.05 Å². The van der Waals surface area contributed by atoms with E-state index in [0.29, 0.717) is 30.1 Å². The Morgan fingerprint density at radius 1 is 1.19 bits per heavy atom. The van der Waals surface area contributed by atoms with Crippen LogP contribution >= 0.6 is 0 Å². The van der Waals surface area contributed by atoms with E-state index in [9.17, 15) is 18.0 Å². The number of fused-ring (bicyclic) bond motifs is 1. The van der Waals surface area contributed by atoms with Gasteiger partial charge in [-0.25, -0.2) is 15.0 Å². The maximum atomic E-state index is 13.3. The molecule has 10 nitrogen and oxygen atoms in total. The van der Waals surface area contributed by atoms with Gasteiger partial charge < -0.3 is 14.8 Å². The summed E-state index contributed by atoms with van der Waals surface area (Å²) in [5.74, 6) is 0.797. The topological polar surface area (TPSA) is 107 Å². The molecule has 1 atom stereocenters. The van der Waals surface area contributed by atoms with Crippen LogP contribution in [0.25, 0.3) is 11.3 Å². The SMILES string of the molecule is Cc1cnc(Nc2ccnn2C)nc1-c1cc2n(c1)C[C@H](C)N(Cc1cncc(C(F)(F)F)n1)C2=O. The monoisotopic (exact) mass is 497 g/mol. The molecule has 0 spiro atoms. The first-order chi connectivity index (χ1) is 17.1. The Bertz CT molecular complexity index is 1440. The number of halogens is 3. The second-order valence-corrected chi connectivity index (χ2v) is 8.63. The fourth-order valence-corrected chi connectivity index (χ4v) is 4.13. The largest absolute Gasteiger partial charge is 0.434 e. The lowest BCUT2D eigenvalue weighted by Crippen LogP contribution is -2.45. The fourth-order valence-electron chi connectivity index (χ4n) is 4.13. The van der Waals surface area contributed by atoms with Gasteiger partial charge in [-0.1, -0.05) is 0 Å². The third kappa shape index (κ3) is 4.39. The smallest absolute Gasteiger partial charge is 0.341 e. The number of anilines is 2. The molecule has 186 valence electrons. The van der Waals surface area contributed by atoms with E-state index in [4.69, 9.17) is 0 Å². The molecule has 0 bridgehead atoms. The van der Waals surface area contributed by atoms with Crippen LogP contribution < -0.4 is 5.32 Å². The summed E-state index contributed by atoms with van der Waals surface area (Å²) in [5, 5.41) is 7.23. The normalized spacial score (nSPS) is 15.8. The lowest BCUT2D eigenvalue weighted by Gasteiger charge is -2.34. The molecule has 13 heteroatoms. The number of carbonyl (C=O) groups is 1. The second kappa shape index (κ2) is 8.73. The summed E-state index contributed by atoms with van der Waals surface area (Å²) >= 11 is 0. The van der Waals surface area contributed by atoms with Crippen molar-refractivity contribution in [2.75, 3.05) is 5.32 Å². The molecule has 36 heavy (non-hydrogen) atoms. The molecular weight excluding hydrogens is 475 g/mol. The van der Waals surface area contributed by atoms with Gasteiger partial charge in [0.15, 0.2) is 5.69 Å². The van der Waals surface area contributed by atoms with Crippen LogP contribution in [0.4, 0.5) is 24.9 Å². The van der Waals surface area contributed by atoms with Gasteiger partial charge >= 0.3 is 6.18 Å². The summed E-state index contributed by atoms with van der Waals surface area (Å²) in [5.41, 5.74) is 1.62. The number of nitrogens with zero attached hydrogens (tertiary/aromatic N) is 8. The van der Waals surface area contributed by atoms with Crippen molar-refractivity contribution >= 4 is 17.7 Å². The molecule has 1 N–H and O–H groups in total. The van der Waals surface area contributed by atoms with E-state index in [1.54, 1.807) is 36.3 Å². The van der Waals surface area contributed by atoms with E-state index in [-0.39, 0.29) is 24.2 Å². The predicted molar refractivity (Wildman–Crippen MR) is 123 cm³/mol. The molecule has 0 aromatic carbocycles. The van der Waals surface area contributed by atoms with E-state index in [0.717, 1.165) is 16.9 Å². The number of rotatable bonds is 5. The van der Waals surface area contributed by atoms with Gasteiger partial charge in [0.1, 0.15) is 11.5 Å². The maximum absolute atomic E-state index is 13.3. The Labute approximate surface area is 203 Å². The molecule has 4 aromatic heterocycles. The number of nitrogens with one attached hydrogen (secondary N) is 1. The van der Waals surface area contributed by atoms with E-state index in [2.05, 4.69) is 30.4 Å². The van der Waals surface area contributed by atoms with Crippen molar-refractivity contribution in [3.05, 3.63) is 65.8 Å². The molecule has 5 heterocycles. The van der Waals surface area contributed by atoms with Gasteiger partial charge in [-0.2, -0.15) is 18.3 Å². The molecule has 0 fully saturated rings. The van der Waals surface area contributed by atoms with Crippen molar-refractivity contribution in [2.45, 2.75) is 39.2 Å². The zero-order chi connectivity index (χ0) is 25.6. The molecule has 0 saturated carbocycles. The standard InChI is InChI=1S/C23H22F3N9O/c1-13-7-28-22(31-19-4-5-29-33(19)3)32-20(13)15-6-17-21(36)35(14(2)10-34(17)11-15)12-16-8-27-9-18(30-16)23(24,25)26/h4-9,11,14H,10,12H2,1-3H3,(H,28,31,32)/t14-/m0/s1. The molecule has 1 amide bonds. The zero-order valence-electron chi connectivity index (χ0n) is 19.7. The summed E-state index contributed by atoms with van der Waals surface area (Å²) in [4.78, 5) is 31.1. The minimum Gasteiger partial charge on any atom is -0.341 e. The third-order valence-electron chi connectivity index (χ3n) is 5.98. The Kier molecular flexibility index (Phi) is 5.69. The van der Waals surface area contributed by atoms with Gasteiger partial charge in [-0.15, -0.1) is 0 Å². The molecule has 0 saturated heterocycles. The number of carbonyl (C=O) groups excluding carboxylic acids is 1. The Hall–Kier alpha value is -4.29.